The van der Waals surface area contributed by atoms with Crippen molar-refractivity contribution in [1.29, 1.82) is 0 Å². The Morgan fingerprint density at radius 3 is 2.54 bits per heavy atom. The highest BCUT2D eigenvalue weighted by atomic mass is 16.5. The highest BCUT2D eigenvalue weighted by molar-refractivity contribution is 6.04. The summed E-state index contributed by atoms with van der Waals surface area (Å²) in [5.74, 6) is -0.721. The molecule has 3 aromatic rings. The number of fused-ring (bicyclic) bond motifs is 1. The van der Waals surface area contributed by atoms with E-state index >= 15 is 0 Å². The number of carbonyl (C=O) groups excluding carboxylic acids is 2. The highest BCUT2D eigenvalue weighted by Gasteiger charge is 2.17. The van der Waals surface area contributed by atoms with E-state index in [1.165, 1.54) is 0 Å². The third-order valence-corrected chi connectivity index (χ3v) is 4.55. The molecule has 0 fully saturated rings. The summed E-state index contributed by atoms with van der Waals surface area (Å²) in [6, 6.07) is 16.8. The van der Waals surface area contributed by atoms with Crippen LogP contribution < -0.4 is 5.32 Å². The predicted molar refractivity (Wildman–Crippen MR) is 111 cm³/mol. The zero-order valence-corrected chi connectivity index (χ0v) is 16.4. The lowest BCUT2D eigenvalue weighted by atomic mass is 10.0. The topological polar surface area (TPSA) is 68.3 Å². The molecule has 144 valence electrons. The number of hydrogen-bond donors (Lipinski definition) is 1. The van der Waals surface area contributed by atoms with Gasteiger partial charge in [0.2, 0.25) is 0 Å². The van der Waals surface area contributed by atoms with Gasteiger partial charge in [-0.05, 0) is 36.1 Å². The maximum atomic E-state index is 12.7. The lowest BCUT2D eigenvalue weighted by Gasteiger charge is -2.12. The van der Waals surface area contributed by atoms with Gasteiger partial charge >= 0.3 is 5.97 Å². The Bertz CT molecular complexity index is 1010. The molecule has 5 nitrogen and oxygen atoms in total. The Kier molecular flexibility index (Phi) is 6.04. The number of benzene rings is 2. The van der Waals surface area contributed by atoms with E-state index in [0.29, 0.717) is 10.9 Å². The molecule has 0 aliphatic carbocycles. The van der Waals surface area contributed by atoms with Crippen LogP contribution in [0.4, 0.5) is 5.69 Å². The Morgan fingerprint density at radius 2 is 1.79 bits per heavy atom. The van der Waals surface area contributed by atoms with Gasteiger partial charge in [-0.3, -0.25) is 9.78 Å². The molecular formula is C23H24N2O3. The van der Waals surface area contributed by atoms with Gasteiger partial charge in [-0.1, -0.05) is 57.2 Å². The number of hydrogen-bond acceptors (Lipinski definition) is 4. The number of nitrogens with zero attached hydrogens (tertiary/aromatic N) is 1. The van der Waals surface area contributed by atoms with E-state index in [1.807, 2.05) is 69.3 Å². The lowest BCUT2D eigenvalue weighted by Crippen LogP contribution is -2.21. The van der Waals surface area contributed by atoms with Crippen LogP contribution in [-0.2, 0) is 16.0 Å². The van der Waals surface area contributed by atoms with Crippen molar-refractivity contribution in [1.82, 2.24) is 4.98 Å². The summed E-state index contributed by atoms with van der Waals surface area (Å²) in [6.07, 6.45) is 0.803. The number of para-hydroxylation sites is 2. The molecule has 1 N–H and O–H groups in total. The van der Waals surface area contributed by atoms with E-state index in [2.05, 4.69) is 10.3 Å². The molecule has 0 unspecified atom stereocenters. The molecule has 28 heavy (non-hydrogen) atoms. The summed E-state index contributed by atoms with van der Waals surface area (Å²) in [5.41, 5.74) is 3.75. The molecule has 0 aliphatic heterocycles. The second kappa shape index (κ2) is 8.65. The third kappa shape index (κ3) is 4.36. The van der Waals surface area contributed by atoms with E-state index in [9.17, 15) is 9.59 Å². The fourth-order valence-corrected chi connectivity index (χ4v) is 3.01. The van der Waals surface area contributed by atoms with Gasteiger partial charge in [0.1, 0.15) is 0 Å². The van der Waals surface area contributed by atoms with Crippen molar-refractivity contribution >= 4 is 28.5 Å². The van der Waals surface area contributed by atoms with Crippen molar-refractivity contribution in [2.24, 2.45) is 0 Å². The van der Waals surface area contributed by atoms with Crippen LogP contribution in [0.15, 0.2) is 54.6 Å². The molecule has 2 aromatic carbocycles. The minimum Gasteiger partial charge on any atom is -0.452 e. The smallest absolute Gasteiger partial charge is 0.339 e. The Morgan fingerprint density at radius 1 is 1.07 bits per heavy atom. The zero-order valence-electron chi connectivity index (χ0n) is 16.4. The number of aromatic nitrogens is 1. The van der Waals surface area contributed by atoms with Gasteiger partial charge in [-0.2, -0.15) is 0 Å². The Labute approximate surface area is 164 Å². The first-order chi connectivity index (χ1) is 13.5. The van der Waals surface area contributed by atoms with Gasteiger partial charge in [0.15, 0.2) is 6.61 Å². The van der Waals surface area contributed by atoms with Crippen LogP contribution >= 0.6 is 0 Å². The first-order valence-electron chi connectivity index (χ1n) is 9.44. The maximum Gasteiger partial charge on any atom is 0.339 e. The monoisotopic (exact) mass is 376 g/mol. The van der Waals surface area contributed by atoms with Gasteiger partial charge < -0.3 is 10.1 Å². The molecule has 0 saturated carbocycles. The second-order valence-corrected chi connectivity index (χ2v) is 6.90. The van der Waals surface area contributed by atoms with Crippen molar-refractivity contribution in [2.45, 2.75) is 33.1 Å². The molecule has 0 atom stereocenters. The average Bonchev–Trinajstić information content (AvgIpc) is 2.71. The molecule has 5 heteroatoms. The number of rotatable bonds is 6. The number of nitrogens with one attached hydrogen (secondary N) is 1. The lowest BCUT2D eigenvalue weighted by molar-refractivity contribution is -0.119. The summed E-state index contributed by atoms with van der Waals surface area (Å²) < 4.78 is 5.30. The molecule has 0 spiro atoms. The molecule has 0 bridgehead atoms. The van der Waals surface area contributed by atoms with Crippen molar-refractivity contribution in [2.75, 3.05) is 11.9 Å². The molecule has 1 amide bonds. The second-order valence-electron chi connectivity index (χ2n) is 6.90. The van der Waals surface area contributed by atoms with E-state index in [-0.39, 0.29) is 18.4 Å². The minimum absolute atomic E-state index is 0.171. The predicted octanol–water partition coefficient (Wildman–Crippen LogP) is 4.72. The summed E-state index contributed by atoms with van der Waals surface area (Å²) in [5, 5.41) is 3.52. The van der Waals surface area contributed by atoms with Crippen molar-refractivity contribution in [3.05, 3.63) is 71.4 Å². The van der Waals surface area contributed by atoms with Crippen molar-refractivity contribution in [3.63, 3.8) is 0 Å². The summed E-state index contributed by atoms with van der Waals surface area (Å²) in [6.45, 7) is 5.71. The van der Waals surface area contributed by atoms with Crippen LogP contribution in [0.3, 0.4) is 0 Å². The zero-order chi connectivity index (χ0) is 20.1. The fourth-order valence-electron chi connectivity index (χ4n) is 3.01. The summed E-state index contributed by atoms with van der Waals surface area (Å²) in [4.78, 5) is 29.5. The molecule has 1 heterocycles. The van der Waals surface area contributed by atoms with Crippen LogP contribution in [0.1, 0.15) is 48.3 Å². The Hall–Kier alpha value is -3.21. The molecule has 0 aliphatic rings. The van der Waals surface area contributed by atoms with Gasteiger partial charge in [0, 0.05) is 16.8 Å². The molecule has 3 rings (SSSR count). The SMILES string of the molecule is CCc1ccccc1NC(=O)COC(=O)c1cc(C(C)C)nc2ccccc12. The molecule has 0 radical (unpaired) electrons. The van der Waals surface area contributed by atoms with Gasteiger partial charge in [0.25, 0.3) is 5.91 Å². The minimum atomic E-state index is -0.528. The number of ether oxygens (including phenoxy) is 1. The van der Waals surface area contributed by atoms with E-state index in [1.54, 1.807) is 6.07 Å². The standard InChI is InChI=1S/C23H24N2O3/c1-4-16-9-5-7-11-19(16)25-22(26)14-28-23(27)18-13-21(15(2)3)24-20-12-8-6-10-17(18)20/h5-13,15H,4,14H2,1-3H3,(H,25,26). The van der Waals surface area contributed by atoms with E-state index in [4.69, 9.17) is 4.74 Å². The van der Waals surface area contributed by atoms with E-state index in [0.717, 1.165) is 28.9 Å². The highest BCUT2D eigenvalue weighted by Crippen LogP contribution is 2.23. The number of aryl methyl sites for hydroxylation is 1. The number of esters is 1. The third-order valence-electron chi connectivity index (χ3n) is 4.55. The molecule has 1 aromatic heterocycles. The number of anilines is 1. The number of carbonyl (C=O) groups is 2. The Balaban J connectivity index is 1.75. The van der Waals surface area contributed by atoms with Gasteiger partial charge in [0.05, 0.1) is 11.1 Å². The van der Waals surface area contributed by atoms with Gasteiger partial charge in [-0.15, -0.1) is 0 Å². The van der Waals surface area contributed by atoms with Crippen LogP contribution in [0.5, 0.6) is 0 Å². The van der Waals surface area contributed by atoms with Crippen LogP contribution in [0.2, 0.25) is 0 Å². The molecule has 0 saturated heterocycles. The van der Waals surface area contributed by atoms with Crippen LogP contribution in [0.25, 0.3) is 10.9 Å². The van der Waals surface area contributed by atoms with Crippen molar-refractivity contribution < 1.29 is 14.3 Å². The number of pyridine rings is 1. The maximum absolute atomic E-state index is 12.7. The van der Waals surface area contributed by atoms with Crippen LogP contribution in [-0.4, -0.2) is 23.5 Å². The van der Waals surface area contributed by atoms with Gasteiger partial charge in [-0.25, -0.2) is 4.79 Å². The van der Waals surface area contributed by atoms with Crippen LogP contribution in [0, 0.1) is 0 Å². The number of amides is 1. The van der Waals surface area contributed by atoms with E-state index < -0.39 is 5.97 Å². The van der Waals surface area contributed by atoms with Crippen molar-refractivity contribution in [3.8, 4) is 0 Å². The quantitative estimate of drug-likeness (QED) is 0.632. The molecular weight excluding hydrogens is 352 g/mol. The first kappa shape index (κ1) is 19.5. The largest absolute Gasteiger partial charge is 0.452 e. The average molecular weight is 376 g/mol. The summed E-state index contributed by atoms with van der Waals surface area (Å²) in [7, 11) is 0. The fraction of sp³-hybridized carbons (Fsp3) is 0.261. The summed E-state index contributed by atoms with van der Waals surface area (Å²) >= 11 is 0. The normalized spacial score (nSPS) is 10.9. The first-order valence-corrected chi connectivity index (χ1v) is 9.44.